The minimum absolute atomic E-state index is 0.000116. The molecule has 2 fully saturated rings. The molecule has 1 aromatic carbocycles. The van der Waals surface area contributed by atoms with Crippen molar-refractivity contribution >= 4 is 28.4 Å². The van der Waals surface area contributed by atoms with Gasteiger partial charge in [-0.25, -0.2) is 4.98 Å². The fourth-order valence-electron chi connectivity index (χ4n) is 5.45. The van der Waals surface area contributed by atoms with Crippen molar-refractivity contribution in [1.82, 2.24) is 19.4 Å². The summed E-state index contributed by atoms with van der Waals surface area (Å²) >= 11 is 0. The van der Waals surface area contributed by atoms with Gasteiger partial charge in [0.1, 0.15) is 5.65 Å². The molecule has 0 unspecified atom stereocenters. The Morgan fingerprint density at radius 3 is 2.56 bits per heavy atom. The van der Waals surface area contributed by atoms with E-state index in [2.05, 4.69) is 49.4 Å². The number of aryl methyl sites for hydroxylation is 2. The fraction of sp³-hybridized carbons (Fsp3) is 0.536. The molecule has 4 heterocycles. The van der Waals surface area contributed by atoms with Crippen molar-refractivity contribution in [2.75, 3.05) is 56.2 Å². The van der Waals surface area contributed by atoms with Gasteiger partial charge in [0.15, 0.2) is 0 Å². The van der Waals surface area contributed by atoms with Crippen molar-refractivity contribution in [2.24, 2.45) is 5.92 Å². The minimum Gasteiger partial charge on any atom is -0.379 e. The molecule has 8 heteroatoms. The van der Waals surface area contributed by atoms with Crippen molar-refractivity contribution in [1.29, 1.82) is 0 Å². The average molecular weight is 491 g/mol. The summed E-state index contributed by atoms with van der Waals surface area (Å²) in [5, 5.41) is 4.18. The number of rotatable bonds is 8. The standard InChI is InChI=1S/C28H38N6O2/c1-3-34-26-23(19-21(2)27(34)35)20-29-28(31-26)30-24-6-8-25(9-7-24)33-13-10-22(11-14-33)5-4-12-32-15-17-36-18-16-32/h6-9,19-20,22H,3-5,10-18H2,1-2H3,(H,29,30,31). The first kappa shape index (κ1) is 24.7. The summed E-state index contributed by atoms with van der Waals surface area (Å²) < 4.78 is 7.15. The first-order valence-corrected chi connectivity index (χ1v) is 13.4. The van der Waals surface area contributed by atoms with Gasteiger partial charge in [-0.15, -0.1) is 0 Å². The number of nitrogens with zero attached hydrogens (tertiary/aromatic N) is 5. The molecule has 0 amide bonds. The summed E-state index contributed by atoms with van der Waals surface area (Å²) in [4.78, 5) is 26.6. The van der Waals surface area contributed by atoms with E-state index in [0.717, 1.165) is 56.4 Å². The van der Waals surface area contributed by atoms with E-state index >= 15 is 0 Å². The molecule has 0 bridgehead atoms. The van der Waals surface area contributed by atoms with Crippen LogP contribution in [0.4, 0.5) is 17.3 Å². The van der Waals surface area contributed by atoms with E-state index in [9.17, 15) is 4.79 Å². The second kappa shape index (κ2) is 11.4. The van der Waals surface area contributed by atoms with Crippen LogP contribution in [0.2, 0.25) is 0 Å². The molecule has 5 rings (SSSR count). The number of ether oxygens (including phenoxy) is 1. The van der Waals surface area contributed by atoms with E-state index in [1.165, 1.54) is 37.9 Å². The van der Waals surface area contributed by atoms with Crippen molar-refractivity contribution in [3.63, 3.8) is 0 Å². The average Bonchev–Trinajstić information content (AvgIpc) is 2.91. The van der Waals surface area contributed by atoms with Crippen LogP contribution in [0.15, 0.2) is 41.3 Å². The number of hydrogen-bond acceptors (Lipinski definition) is 7. The molecule has 0 radical (unpaired) electrons. The van der Waals surface area contributed by atoms with Crippen molar-refractivity contribution in [3.05, 3.63) is 52.4 Å². The predicted octanol–water partition coefficient (Wildman–Crippen LogP) is 4.19. The van der Waals surface area contributed by atoms with Gasteiger partial charge < -0.3 is 15.0 Å². The first-order valence-electron chi connectivity index (χ1n) is 13.4. The Hall–Kier alpha value is -2.97. The van der Waals surface area contributed by atoms with E-state index in [-0.39, 0.29) is 5.56 Å². The third-order valence-corrected chi connectivity index (χ3v) is 7.62. The Morgan fingerprint density at radius 1 is 1.08 bits per heavy atom. The summed E-state index contributed by atoms with van der Waals surface area (Å²) in [7, 11) is 0. The van der Waals surface area contributed by atoms with Crippen LogP contribution in [0.25, 0.3) is 11.0 Å². The van der Waals surface area contributed by atoms with Gasteiger partial charge in [0, 0.05) is 61.2 Å². The van der Waals surface area contributed by atoms with Crippen molar-refractivity contribution in [2.45, 2.75) is 46.1 Å². The highest BCUT2D eigenvalue weighted by Crippen LogP contribution is 2.27. The summed E-state index contributed by atoms with van der Waals surface area (Å²) in [5.74, 6) is 1.34. The van der Waals surface area contributed by atoms with Gasteiger partial charge in [-0.1, -0.05) is 0 Å². The molecular formula is C28H38N6O2. The molecule has 2 aliphatic rings. The number of pyridine rings is 1. The van der Waals surface area contributed by atoms with Gasteiger partial charge in [0.05, 0.1) is 13.2 Å². The molecule has 2 saturated heterocycles. The third kappa shape index (κ3) is 5.71. The number of morpholine rings is 1. The molecule has 2 aliphatic heterocycles. The number of benzene rings is 1. The highest BCUT2D eigenvalue weighted by Gasteiger charge is 2.20. The van der Waals surface area contributed by atoms with Crippen molar-refractivity contribution < 1.29 is 4.74 Å². The molecule has 0 saturated carbocycles. The maximum atomic E-state index is 12.5. The van der Waals surface area contributed by atoms with Crippen LogP contribution < -0.4 is 15.8 Å². The number of hydrogen-bond donors (Lipinski definition) is 1. The van der Waals surface area contributed by atoms with E-state index in [1.54, 1.807) is 10.8 Å². The van der Waals surface area contributed by atoms with Crippen LogP contribution in [0, 0.1) is 12.8 Å². The number of aromatic nitrogens is 3. The number of anilines is 3. The Balaban J connectivity index is 1.14. The quantitative estimate of drug-likeness (QED) is 0.507. The summed E-state index contributed by atoms with van der Waals surface area (Å²) in [5.41, 5.74) is 3.58. The van der Waals surface area contributed by atoms with Gasteiger partial charge in [0.2, 0.25) is 5.95 Å². The Kier molecular flexibility index (Phi) is 7.82. The third-order valence-electron chi connectivity index (χ3n) is 7.62. The number of fused-ring (bicyclic) bond motifs is 1. The monoisotopic (exact) mass is 490 g/mol. The second-order valence-corrected chi connectivity index (χ2v) is 10.0. The van der Waals surface area contributed by atoms with Crippen LogP contribution in [-0.2, 0) is 11.3 Å². The van der Waals surface area contributed by atoms with Crippen LogP contribution in [0.5, 0.6) is 0 Å². The molecule has 0 atom stereocenters. The highest BCUT2D eigenvalue weighted by molar-refractivity contribution is 5.76. The molecule has 0 spiro atoms. The lowest BCUT2D eigenvalue weighted by Crippen LogP contribution is -2.37. The second-order valence-electron chi connectivity index (χ2n) is 10.0. The summed E-state index contributed by atoms with van der Waals surface area (Å²) in [6, 6.07) is 10.4. The van der Waals surface area contributed by atoms with Gasteiger partial charge in [-0.2, -0.15) is 4.98 Å². The van der Waals surface area contributed by atoms with Crippen LogP contribution in [0.1, 0.15) is 38.2 Å². The van der Waals surface area contributed by atoms with E-state index in [4.69, 9.17) is 4.74 Å². The molecule has 3 aromatic rings. The number of nitrogens with one attached hydrogen (secondary N) is 1. The fourth-order valence-corrected chi connectivity index (χ4v) is 5.45. The van der Waals surface area contributed by atoms with E-state index < -0.39 is 0 Å². The zero-order valence-electron chi connectivity index (χ0n) is 21.6. The van der Waals surface area contributed by atoms with Crippen LogP contribution in [-0.4, -0.2) is 65.4 Å². The Bertz CT molecular complexity index is 1210. The summed E-state index contributed by atoms with van der Waals surface area (Å²) in [6.07, 6.45) is 6.96. The highest BCUT2D eigenvalue weighted by atomic mass is 16.5. The Labute approximate surface area is 213 Å². The molecule has 8 nitrogen and oxygen atoms in total. The smallest absolute Gasteiger partial charge is 0.255 e. The van der Waals surface area contributed by atoms with Gasteiger partial charge in [-0.05, 0) is 82.3 Å². The number of piperidine rings is 1. The maximum absolute atomic E-state index is 12.5. The van der Waals surface area contributed by atoms with E-state index in [1.807, 2.05) is 19.9 Å². The molecule has 192 valence electrons. The predicted molar refractivity (Wildman–Crippen MR) is 145 cm³/mol. The SMILES string of the molecule is CCn1c(=O)c(C)cc2cnc(Nc3ccc(N4CCC(CCCN5CCOCC5)CC4)cc3)nc21. The first-order chi connectivity index (χ1) is 17.6. The molecule has 0 aliphatic carbocycles. The topological polar surface area (TPSA) is 75.5 Å². The van der Waals surface area contributed by atoms with Crippen LogP contribution in [0.3, 0.4) is 0 Å². The molecule has 2 aromatic heterocycles. The van der Waals surface area contributed by atoms with Gasteiger partial charge in [0.25, 0.3) is 5.56 Å². The van der Waals surface area contributed by atoms with Crippen LogP contribution >= 0.6 is 0 Å². The van der Waals surface area contributed by atoms with Gasteiger partial charge >= 0.3 is 0 Å². The summed E-state index contributed by atoms with van der Waals surface area (Å²) in [6.45, 7) is 11.8. The largest absolute Gasteiger partial charge is 0.379 e. The molecule has 1 N–H and O–H groups in total. The van der Waals surface area contributed by atoms with Gasteiger partial charge in [-0.3, -0.25) is 14.3 Å². The maximum Gasteiger partial charge on any atom is 0.255 e. The molecule has 36 heavy (non-hydrogen) atoms. The zero-order chi connectivity index (χ0) is 24.9. The van der Waals surface area contributed by atoms with E-state index in [0.29, 0.717) is 23.7 Å². The normalized spacial score (nSPS) is 17.6. The van der Waals surface area contributed by atoms with Crippen molar-refractivity contribution in [3.8, 4) is 0 Å². The lowest BCUT2D eigenvalue weighted by atomic mass is 9.92. The lowest BCUT2D eigenvalue weighted by molar-refractivity contribution is 0.0365. The molecular weight excluding hydrogens is 452 g/mol. The Morgan fingerprint density at radius 2 is 1.83 bits per heavy atom. The zero-order valence-corrected chi connectivity index (χ0v) is 21.6. The minimum atomic E-state index is -0.000116. The lowest BCUT2D eigenvalue weighted by Gasteiger charge is -2.34.